The van der Waals surface area contributed by atoms with Crippen LogP contribution in [0, 0.1) is 23.5 Å². The molecule has 0 radical (unpaired) electrons. The average molecular weight is 331 g/mol. The third-order valence-electron chi connectivity index (χ3n) is 4.63. The third kappa shape index (κ3) is 3.01. The van der Waals surface area contributed by atoms with Crippen molar-refractivity contribution in [1.82, 2.24) is 0 Å². The van der Waals surface area contributed by atoms with E-state index in [-0.39, 0.29) is 5.41 Å². The minimum atomic E-state index is -0.771. The van der Waals surface area contributed by atoms with Crippen molar-refractivity contribution in [2.75, 3.05) is 0 Å². The highest BCUT2D eigenvalue weighted by Crippen LogP contribution is 2.45. The Labute approximate surface area is 122 Å². The Morgan fingerprint density at radius 1 is 1.16 bits per heavy atom. The van der Waals surface area contributed by atoms with Crippen molar-refractivity contribution < 1.29 is 8.78 Å². The van der Waals surface area contributed by atoms with Gasteiger partial charge in [0.05, 0.1) is 0 Å². The van der Waals surface area contributed by atoms with E-state index in [1.807, 2.05) is 0 Å². The van der Waals surface area contributed by atoms with Gasteiger partial charge in [0.1, 0.15) is 0 Å². The molecule has 0 N–H and O–H groups in total. The maximum atomic E-state index is 13.4. The van der Waals surface area contributed by atoms with Crippen LogP contribution in [0.2, 0.25) is 0 Å². The van der Waals surface area contributed by atoms with Gasteiger partial charge in [0.15, 0.2) is 11.6 Å². The summed E-state index contributed by atoms with van der Waals surface area (Å²) in [5, 5.41) is 0. The molecule has 3 atom stereocenters. The minimum absolute atomic E-state index is 0.150. The molecule has 1 aliphatic carbocycles. The lowest BCUT2D eigenvalue weighted by Crippen LogP contribution is -2.38. The Balaban J connectivity index is 2.28. The molecular weight excluding hydrogens is 310 g/mol. The molecule has 19 heavy (non-hydrogen) atoms. The average Bonchev–Trinajstić information content (AvgIpc) is 2.32. The normalized spacial score (nSPS) is 28.4. The number of benzene rings is 1. The molecule has 3 heteroatoms. The molecule has 0 amide bonds. The van der Waals surface area contributed by atoms with Crippen LogP contribution in [0.5, 0.6) is 0 Å². The highest BCUT2D eigenvalue weighted by Gasteiger charge is 2.39. The molecule has 0 nitrogen and oxygen atoms in total. The molecule has 106 valence electrons. The molecule has 1 aliphatic rings. The van der Waals surface area contributed by atoms with Gasteiger partial charge < -0.3 is 0 Å². The van der Waals surface area contributed by atoms with Crippen molar-refractivity contribution in [3.05, 3.63) is 35.4 Å². The van der Waals surface area contributed by atoms with Crippen LogP contribution in [0.1, 0.15) is 45.6 Å². The van der Waals surface area contributed by atoms with E-state index in [0.29, 0.717) is 10.7 Å². The van der Waals surface area contributed by atoms with Crippen LogP contribution in [-0.2, 0) is 5.41 Å². The van der Waals surface area contributed by atoms with Crippen molar-refractivity contribution in [3.8, 4) is 0 Å². The number of alkyl halides is 1. The van der Waals surface area contributed by atoms with Crippen LogP contribution < -0.4 is 0 Å². The second kappa shape index (κ2) is 5.51. The van der Waals surface area contributed by atoms with Gasteiger partial charge in [0.2, 0.25) is 0 Å². The van der Waals surface area contributed by atoms with E-state index in [0.717, 1.165) is 24.3 Å². The van der Waals surface area contributed by atoms with Crippen LogP contribution in [0.4, 0.5) is 8.78 Å². The summed E-state index contributed by atoms with van der Waals surface area (Å²) in [5.41, 5.74) is 0.735. The summed E-state index contributed by atoms with van der Waals surface area (Å²) in [4.78, 5) is 0.444. The first-order valence-electron chi connectivity index (χ1n) is 6.92. The molecule has 1 fully saturated rings. The Morgan fingerprint density at radius 2 is 1.84 bits per heavy atom. The molecule has 1 saturated carbocycles. The molecule has 0 heterocycles. The van der Waals surface area contributed by atoms with Crippen LogP contribution in [0.15, 0.2) is 18.2 Å². The lowest BCUT2D eigenvalue weighted by Gasteiger charge is -2.42. The first kappa shape index (κ1) is 15.0. The Hall–Kier alpha value is -0.440. The molecule has 2 rings (SSSR count). The van der Waals surface area contributed by atoms with Gasteiger partial charge in [-0.2, -0.15) is 0 Å². The zero-order valence-corrected chi connectivity index (χ0v) is 13.3. The van der Waals surface area contributed by atoms with E-state index in [2.05, 4.69) is 36.7 Å². The highest BCUT2D eigenvalue weighted by molar-refractivity contribution is 9.09. The van der Waals surface area contributed by atoms with E-state index >= 15 is 0 Å². The van der Waals surface area contributed by atoms with E-state index in [1.54, 1.807) is 6.07 Å². The molecule has 3 unspecified atom stereocenters. The zero-order valence-electron chi connectivity index (χ0n) is 11.7. The fraction of sp³-hybridized carbons (Fsp3) is 0.625. The fourth-order valence-electron chi connectivity index (χ4n) is 3.24. The van der Waals surface area contributed by atoms with Crippen LogP contribution in [0.25, 0.3) is 0 Å². The maximum absolute atomic E-state index is 13.4. The van der Waals surface area contributed by atoms with Crippen molar-refractivity contribution >= 4 is 15.9 Å². The molecular formula is C16H21BrF2. The van der Waals surface area contributed by atoms with E-state index in [1.165, 1.54) is 18.6 Å². The minimum Gasteiger partial charge on any atom is -0.204 e. The molecule has 0 bridgehead atoms. The summed E-state index contributed by atoms with van der Waals surface area (Å²) >= 11 is 3.79. The SMILES string of the molecule is CC1CCC(C(C)(C)c2ccc(F)c(F)c2)C(Br)C1. The molecule has 0 saturated heterocycles. The summed E-state index contributed by atoms with van der Waals surface area (Å²) in [7, 11) is 0. The van der Waals surface area contributed by atoms with Gasteiger partial charge in [0, 0.05) is 4.83 Å². The Bertz CT molecular complexity index is 456. The van der Waals surface area contributed by atoms with Crippen molar-refractivity contribution in [2.45, 2.75) is 50.3 Å². The van der Waals surface area contributed by atoms with Gasteiger partial charge in [-0.1, -0.05) is 49.2 Å². The lowest BCUT2D eigenvalue weighted by molar-refractivity contribution is 0.213. The lowest BCUT2D eigenvalue weighted by atomic mass is 9.66. The number of rotatable bonds is 2. The molecule has 1 aromatic rings. The van der Waals surface area contributed by atoms with Gasteiger partial charge in [0.25, 0.3) is 0 Å². The zero-order chi connectivity index (χ0) is 14.2. The van der Waals surface area contributed by atoms with Gasteiger partial charge in [-0.3, -0.25) is 0 Å². The van der Waals surface area contributed by atoms with Crippen LogP contribution in [0.3, 0.4) is 0 Å². The summed E-state index contributed by atoms with van der Waals surface area (Å²) in [6.45, 7) is 6.54. The van der Waals surface area contributed by atoms with Gasteiger partial charge in [-0.05, 0) is 47.8 Å². The van der Waals surface area contributed by atoms with Crippen LogP contribution in [-0.4, -0.2) is 4.83 Å². The van der Waals surface area contributed by atoms with E-state index < -0.39 is 11.6 Å². The summed E-state index contributed by atoms with van der Waals surface area (Å²) < 4.78 is 26.5. The van der Waals surface area contributed by atoms with Crippen molar-refractivity contribution in [1.29, 1.82) is 0 Å². The quantitative estimate of drug-likeness (QED) is 0.633. The summed E-state index contributed by atoms with van der Waals surface area (Å²) in [6.07, 6.45) is 3.49. The largest absolute Gasteiger partial charge is 0.204 e. The van der Waals surface area contributed by atoms with Gasteiger partial charge in [-0.15, -0.1) is 0 Å². The topological polar surface area (TPSA) is 0 Å². The predicted octanol–water partition coefficient (Wildman–Crippen LogP) is 5.44. The van der Waals surface area contributed by atoms with Gasteiger partial charge >= 0.3 is 0 Å². The highest BCUT2D eigenvalue weighted by atomic mass is 79.9. The number of hydrogen-bond acceptors (Lipinski definition) is 0. The van der Waals surface area contributed by atoms with Crippen LogP contribution >= 0.6 is 15.9 Å². The molecule has 0 spiro atoms. The fourth-order valence-corrected chi connectivity index (χ4v) is 4.80. The number of halogens is 3. The Kier molecular flexibility index (Phi) is 4.34. The van der Waals surface area contributed by atoms with Crippen molar-refractivity contribution in [3.63, 3.8) is 0 Å². The first-order chi connectivity index (χ1) is 8.82. The standard InChI is InChI=1S/C16H21BrF2/c1-10-4-6-12(13(17)8-10)16(2,3)11-5-7-14(18)15(19)9-11/h5,7,9-10,12-13H,4,6,8H2,1-3H3. The monoisotopic (exact) mass is 330 g/mol. The number of hydrogen-bond donors (Lipinski definition) is 0. The van der Waals surface area contributed by atoms with Gasteiger partial charge in [-0.25, -0.2) is 8.78 Å². The van der Waals surface area contributed by atoms with E-state index in [9.17, 15) is 8.78 Å². The smallest absolute Gasteiger partial charge is 0.159 e. The summed E-state index contributed by atoms with van der Waals surface area (Å²) in [6, 6.07) is 4.31. The maximum Gasteiger partial charge on any atom is 0.159 e. The third-order valence-corrected chi connectivity index (χ3v) is 5.64. The molecule has 1 aromatic carbocycles. The van der Waals surface area contributed by atoms with E-state index in [4.69, 9.17) is 0 Å². The Morgan fingerprint density at radius 3 is 2.42 bits per heavy atom. The second-order valence-corrected chi connectivity index (χ2v) is 7.57. The first-order valence-corrected chi connectivity index (χ1v) is 7.83. The molecule has 0 aliphatic heterocycles. The summed E-state index contributed by atoms with van der Waals surface area (Å²) in [5.74, 6) is -0.331. The second-order valence-electron chi connectivity index (χ2n) is 6.39. The molecule has 0 aromatic heterocycles. The predicted molar refractivity (Wildman–Crippen MR) is 78.6 cm³/mol. The van der Waals surface area contributed by atoms with Crippen molar-refractivity contribution in [2.24, 2.45) is 11.8 Å².